The van der Waals surface area contributed by atoms with Crippen LogP contribution in [-0.2, 0) is 9.63 Å². The van der Waals surface area contributed by atoms with Gasteiger partial charge in [-0.15, -0.1) is 6.58 Å². The first-order valence-corrected chi connectivity index (χ1v) is 5.67. The third-order valence-corrected chi connectivity index (χ3v) is 2.46. The van der Waals surface area contributed by atoms with Crippen molar-refractivity contribution in [1.29, 1.82) is 0 Å². The molecule has 0 saturated carbocycles. The molecular formula is C13H23NO2. The Morgan fingerprint density at radius 1 is 1.50 bits per heavy atom. The molecule has 0 heterocycles. The van der Waals surface area contributed by atoms with Crippen molar-refractivity contribution >= 4 is 5.91 Å². The van der Waals surface area contributed by atoms with E-state index in [1.807, 2.05) is 6.92 Å². The Bertz CT molecular complexity index is 248. The number of carbonyl (C=O) groups excluding carboxylic acids is 1. The lowest BCUT2D eigenvalue weighted by molar-refractivity contribution is -0.139. The lowest BCUT2D eigenvalue weighted by Crippen LogP contribution is -2.35. The molecule has 0 aliphatic rings. The Labute approximate surface area is 98.5 Å². The van der Waals surface area contributed by atoms with Gasteiger partial charge in [0.05, 0.1) is 0 Å². The molecule has 0 bridgehead atoms. The van der Waals surface area contributed by atoms with E-state index in [1.165, 1.54) is 6.08 Å². The molecule has 0 fully saturated rings. The summed E-state index contributed by atoms with van der Waals surface area (Å²) in [6, 6.07) is 0. The van der Waals surface area contributed by atoms with E-state index in [1.54, 1.807) is 6.08 Å². The molecule has 1 atom stereocenters. The quantitative estimate of drug-likeness (QED) is 0.392. The van der Waals surface area contributed by atoms with E-state index in [9.17, 15) is 4.79 Å². The van der Waals surface area contributed by atoms with Crippen LogP contribution in [0.2, 0.25) is 0 Å². The van der Waals surface area contributed by atoms with Gasteiger partial charge in [0, 0.05) is 0 Å². The minimum Gasteiger partial charge on any atom is -0.268 e. The fourth-order valence-electron chi connectivity index (χ4n) is 1.26. The molecule has 0 aromatic carbocycles. The number of hydroxylamine groups is 1. The highest BCUT2D eigenvalue weighted by Crippen LogP contribution is 2.20. The lowest BCUT2D eigenvalue weighted by atomic mass is 9.96. The summed E-state index contributed by atoms with van der Waals surface area (Å²) in [6.07, 6.45) is 5.92. The van der Waals surface area contributed by atoms with Crippen LogP contribution in [0.15, 0.2) is 25.3 Å². The first-order valence-electron chi connectivity index (χ1n) is 5.67. The van der Waals surface area contributed by atoms with Crippen molar-refractivity contribution in [2.24, 2.45) is 5.92 Å². The van der Waals surface area contributed by atoms with E-state index in [-0.39, 0.29) is 5.91 Å². The minimum absolute atomic E-state index is 0.336. The maximum Gasteiger partial charge on any atom is 0.266 e. The third-order valence-electron chi connectivity index (χ3n) is 2.46. The molecule has 92 valence electrons. The summed E-state index contributed by atoms with van der Waals surface area (Å²) in [5.41, 5.74) is 1.83. The highest BCUT2D eigenvalue weighted by molar-refractivity contribution is 5.85. The van der Waals surface area contributed by atoms with Crippen molar-refractivity contribution < 1.29 is 9.63 Å². The molecule has 3 nitrogen and oxygen atoms in total. The number of nitrogens with one attached hydrogen (secondary N) is 1. The highest BCUT2D eigenvalue weighted by Gasteiger charge is 2.21. The average Bonchev–Trinajstić information content (AvgIpc) is 2.25. The van der Waals surface area contributed by atoms with E-state index < -0.39 is 5.60 Å². The maximum absolute atomic E-state index is 11.0. The fraction of sp³-hybridized carbons (Fsp3) is 0.615. The van der Waals surface area contributed by atoms with E-state index in [2.05, 4.69) is 32.5 Å². The second kappa shape index (κ2) is 7.23. The van der Waals surface area contributed by atoms with E-state index in [4.69, 9.17) is 4.84 Å². The largest absolute Gasteiger partial charge is 0.268 e. The van der Waals surface area contributed by atoms with Crippen molar-refractivity contribution in [3.8, 4) is 0 Å². The van der Waals surface area contributed by atoms with Crippen LogP contribution in [0.3, 0.4) is 0 Å². The molecule has 0 aliphatic carbocycles. The number of rotatable bonds is 8. The molecule has 0 radical (unpaired) electrons. The second-order valence-electron chi connectivity index (χ2n) is 4.58. The van der Waals surface area contributed by atoms with Gasteiger partial charge < -0.3 is 0 Å². The van der Waals surface area contributed by atoms with Gasteiger partial charge in [-0.25, -0.2) is 5.48 Å². The van der Waals surface area contributed by atoms with Crippen LogP contribution in [0.25, 0.3) is 0 Å². The van der Waals surface area contributed by atoms with Crippen molar-refractivity contribution in [2.75, 3.05) is 0 Å². The first kappa shape index (κ1) is 14.9. The highest BCUT2D eigenvalue weighted by atomic mass is 16.7. The smallest absolute Gasteiger partial charge is 0.266 e. The minimum atomic E-state index is -0.506. The summed E-state index contributed by atoms with van der Waals surface area (Å²) in [7, 11) is 0. The van der Waals surface area contributed by atoms with Crippen molar-refractivity contribution in [2.45, 2.75) is 45.6 Å². The van der Waals surface area contributed by atoms with E-state index >= 15 is 0 Å². The van der Waals surface area contributed by atoms with Crippen LogP contribution in [0.1, 0.15) is 40.0 Å². The Hall–Kier alpha value is -1.09. The SMILES string of the molecule is C=CC(=O)NOC(C)(C=C)CCCC(C)C. The van der Waals surface area contributed by atoms with Gasteiger partial charge in [-0.05, 0) is 31.8 Å². The van der Waals surface area contributed by atoms with E-state index in [0.29, 0.717) is 5.92 Å². The topological polar surface area (TPSA) is 38.3 Å². The fourth-order valence-corrected chi connectivity index (χ4v) is 1.26. The van der Waals surface area contributed by atoms with Gasteiger partial charge >= 0.3 is 0 Å². The number of hydrogen-bond acceptors (Lipinski definition) is 2. The summed E-state index contributed by atoms with van der Waals surface area (Å²) in [4.78, 5) is 16.3. The Morgan fingerprint density at radius 3 is 2.56 bits per heavy atom. The van der Waals surface area contributed by atoms with Gasteiger partial charge in [0.1, 0.15) is 5.60 Å². The molecule has 1 N–H and O–H groups in total. The normalized spacial score (nSPS) is 14.2. The predicted octanol–water partition coefficient (Wildman–Crippen LogP) is 2.99. The zero-order valence-corrected chi connectivity index (χ0v) is 10.6. The van der Waals surface area contributed by atoms with Crippen LogP contribution in [-0.4, -0.2) is 11.5 Å². The van der Waals surface area contributed by atoms with E-state index in [0.717, 1.165) is 19.3 Å². The van der Waals surface area contributed by atoms with Crippen LogP contribution in [0.4, 0.5) is 0 Å². The third kappa shape index (κ3) is 6.40. The summed E-state index contributed by atoms with van der Waals surface area (Å²) in [6.45, 7) is 13.4. The monoisotopic (exact) mass is 225 g/mol. The van der Waals surface area contributed by atoms with Crippen molar-refractivity contribution in [3.63, 3.8) is 0 Å². The zero-order chi connectivity index (χ0) is 12.6. The summed E-state index contributed by atoms with van der Waals surface area (Å²) < 4.78 is 0. The number of carbonyl (C=O) groups is 1. The molecule has 3 heteroatoms. The summed E-state index contributed by atoms with van der Waals surface area (Å²) >= 11 is 0. The molecular weight excluding hydrogens is 202 g/mol. The van der Waals surface area contributed by atoms with Crippen LogP contribution in [0, 0.1) is 5.92 Å². The molecule has 16 heavy (non-hydrogen) atoms. The average molecular weight is 225 g/mol. The molecule has 0 aromatic rings. The van der Waals surface area contributed by atoms with Crippen LogP contribution >= 0.6 is 0 Å². The Morgan fingerprint density at radius 2 is 2.12 bits per heavy atom. The summed E-state index contributed by atoms with van der Waals surface area (Å²) in [5.74, 6) is 0.341. The number of amides is 1. The van der Waals surface area contributed by atoms with Gasteiger partial charge in [-0.1, -0.05) is 32.9 Å². The standard InChI is InChI=1S/C13H23NO2/c1-6-12(15)14-16-13(5,7-2)10-8-9-11(3)4/h6-7,11H,1-2,8-10H2,3-5H3,(H,14,15). The molecule has 0 saturated heterocycles. The maximum atomic E-state index is 11.0. The van der Waals surface area contributed by atoms with Gasteiger partial charge in [-0.3, -0.25) is 9.63 Å². The first-order chi connectivity index (χ1) is 7.43. The molecule has 0 aromatic heterocycles. The van der Waals surface area contributed by atoms with Gasteiger partial charge in [-0.2, -0.15) is 0 Å². The van der Waals surface area contributed by atoms with Crippen LogP contribution in [0.5, 0.6) is 0 Å². The molecule has 0 aliphatic heterocycles. The molecule has 1 amide bonds. The molecule has 1 unspecified atom stereocenters. The van der Waals surface area contributed by atoms with Crippen molar-refractivity contribution in [3.05, 3.63) is 25.3 Å². The van der Waals surface area contributed by atoms with Gasteiger partial charge in [0.25, 0.3) is 5.91 Å². The number of hydrogen-bond donors (Lipinski definition) is 1. The van der Waals surface area contributed by atoms with Crippen molar-refractivity contribution in [1.82, 2.24) is 5.48 Å². The van der Waals surface area contributed by atoms with Gasteiger partial charge in [0.15, 0.2) is 0 Å². The second-order valence-corrected chi connectivity index (χ2v) is 4.58. The lowest BCUT2D eigenvalue weighted by Gasteiger charge is -2.25. The summed E-state index contributed by atoms with van der Waals surface area (Å²) in [5, 5.41) is 0. The van der Waals surface area contributed by atoms with Gasteiger partial charge in [0.2, 0.25) is 0 Å². The molecule has 0 spiro atoms. The Kier molecular flexibility index (Phi) is 6.74. The Balaban J connectivity index is 4.04. The predicted molar refractivity (Wildman–Crippen MR) is 66.7 cm³/mol. The molecule has 0 rings (SSSR count). The zero-order valence-electron chi connectivity index (χ0n) is 10.6. The van der Waals surface area contributed by atoms with Crippen LogP contribution < -0.4 is 5.48 Å².